The number of anilines is 1. The predicted molar refractivity (Wildman–Crippen MR) is 70.4 cm³/mol. The zero-order valence-electron chi connectivity index (χ0n) is 11.0. The average Bonchev–Trinajstić information content (AvgIpc) is 3.12. The lowest BCUT2D eigenvalue weighted by molar-refractivity contribution is 0.0963. The number of aliphatic hydroxyl groups excluding tert-OH is 1. The summed E-state index contributed by atoms with van der Waals surface area (Å²) < 4.78 is 12.5. The van der Waals surface area contributed by atoms with Crippen molar-refractivity contribution in [2.45, 2.75) is 12.7 Å². The molecule has 2 aromatic rings. The van der Waals surface area contributed by atoms with Crippen LogP contribution >= 0.6 is 0 Å². The Morgan fingerprint density at radius 3 is 3.14 bits per heavy atom. The minimum Gasteiger partial charge on any atom is -0.483 e. The molecule has 2 aliphatic heterocycles. The molecule has 0 bridgehead atoms. The highest BCUT2D eigenvalue weighted by Crippen LogP contribution is 2.34. The number of amides is 1. The summed E-state index contributed by atoms with van der Waals surface area (Å²) in [7, 11) is 0. The zero-order valence-corrected chi connectivity index (χ0v) is 11.0. The molecule has 1 fully saturated rings. The van der Waals surface area contributed by atoms with E-state index in [9.17, 15) is 4.79 Å². The van der Waals surface area contributed by atoms with Crippen molar-refractivity contribution in [2.75, 3.05) is 18.1 Å². The number of aromatic nitrogens is 3. The number of carbonyl (C=O) groups excluding carboxylic acids is 1. The third-order valence-corrected chi connectivity index (χ3v) is 3.57. The van der Waals surface area contributed by atoms with Gasteiger partial charge in [-0.25, -0.2) is 4.79 Å². The van der Waals surface area contributed by atoms with Crippen LogP contribution in [0.25, 0.3) is 5.69 Å². The van der Waals surface area contributed by atoms with Gasteiger partial charge in [0.25, 0.3) is 0 Å². The molecule has 1 atom stereocenters. The Hall–Kier alpha value is -2.61. The average molecular weight is 288 g/mol. The fourth-order valence-corrected chi connectivity index (χ4v) is 2.51. The number of cyclic esters (lactones) is 1. The Morgan fingerprint density at radius 2 is 2.33 bits per heavy atom. The molecular formula is C13H12N4O4. The Kier molecular flexibility index (Phi) is 2.58. The number of aliphatic hydroxyl groups is 1. The fourth-order valence-electron chi connectivity index (χ4n) is 2.51. The maximum Gasteiger partial charge on any atom is 0.414 e. The molecule has 8 heteroatoms. The standard InChI is InChI=1S/C13H12N4O4/c18-5-9-4-16(13(19)21-9)8-1-2-10-11(3-8)20-6-12-15-14-7-17(10)12/h1-3,7,9,18H,4-6H2. The summed E-state index contributed by atoms with van der Waals surface area (Å²) in [5, 5.41) is 16.9. The second kappa shape index (κ2) is 4.45. The first-order valence-corrected chi connectivity index (χ1v) is 6.51. The van der Waals surface area contributed by atoms with Crippen molar-refractivity contribution >= 4 is 11.8 Å². The Balaban J connectivity index is 1.70. The topological polar surface area (TPSA) is 89.7 Å². The van der Waals surface area contributed by atoms with E-state index in [0.717, 1.165) is 11.5 Å². The van der Waals surface area contributed by atoms with Gasteiger partial charge in [0.1, 0.15) is 24.8 Å². The summed E-state index contributed by atoms with van der Waals surface area (Å²) in [6.07, 6.45) is 0.677. The van der Waals surface area contributed by atoms with Crippen molar-refractivity contribution in [1.82, 2.24) is 14.8 Å². The molecule has 0 saturated carbocycles. The maximum absolute atomic E-state index is 11.8. The summed E-state index contributed by atoms with van der Waals surface area (Å²) >= 11 is 0. The fraction of sp³-hybridized carbons (Fsp3) is 0.308. The number of benzene rings is 1. The number of hydrogen-bond acceptors (Lipinski definition) is 6. The molecule has 3 heterocycles. The molecule has 1 saturated heterocycles. The normalized spacial score (nSPS) is 19.8. The molecule has 1 N–H and O–H groups in total. The Labute approximate surface area is 119 Å². The van der Waals surface area contributed by atoms with Crippen molar-refractivity contribution in [2.24, 2.45) is 0 Å². The van der Waals surface area contributed by atoms with Crippen LogP contribution < -0.4 is 9.64 Å². The van der Waals surface area contributed by atoms with Gasteiger partial charge in [0.05, 0.1) is 24.5 Å². The minimum atomic E-state index is -0.487. The van der Waals surface area contributed by atoms with E-state index in [0.29, 0.717) is 24.6 Å². The number of carbonyl (C=O) groups is 1. The van der Waals surface area contributed by atoms with Gasteiger partial charge in [0.15, 0.2) is 5.82 Å². The second-order valence-corrected chi connectivity index (χ2v) is 4.86. The van der Waals surface area contributed by atoms with E-state index in [2.05, 4.69) is 10.2 Å². The first-order chi connectivity index (χ1) is 10.3. The molecule has 0 aliphatic carbocycles. The first kappa shape index (κ1) is 12.2. The van der Waals surface area contributed by atoms with Gasteiger partial charge in [-0.3, -0.25) is 9.47 Å². The number of hydrogen-bond donors (Lipinski definition) is 1. The van der Waals surface area contributed by atoms with E-state index >= 15 is 0 Å². The SMILES string of the molecule is O=C1OC(CO)CN1c1ccc2c(c1)OCc1nncn1-2. The Bertz CT molecular complexity index is 714. The number of ether oxygens (including phenoxy) is 2. The van der Waals surface area contributed by atoms with Crippen LogP contribution in [0.2, 0.25) is 0 Å². The van der Waals surface area contributed by atoms with Crippen molar-refractivity contribution in [3.8, 4) is 11.4 Å². The summed E-state index contributed by atoms with van der Waals surface area (Å²) in [5.41, 5.74) is 1.50. The quantitative estimate of drug-likeness (QED) is 0.864. The predicted octanol–water partition coefficient (Wildman–Crippen LogP) is 0.477. The third kappa shape index (κ3) is 1.83. The van der Waals surface area contributed by atoms with E-state index in [1.165, 1.54) is 4.90 Å². The molecule has 2 aliphatic rings. The molecule has 1 aromatic carbocycles. The van der Waals surface area contributed by atoms with E-state index < -0.39 is 12.2 Å². The molecular weight excluding hydrogens is 276 g/mol. The van der Waals surface area contributed by atoms with Crippen LogP contribution in [-0.4, -0.2) is 45.2 Å². The van der Waals surface area contributed by atoms with Crippen LogP contribution in [0.1, 0.15) is 5.82 Å². The van der Waals surface area contributed by atoms with E-state index in [1.807, 2.05) is 10.6 Å². The summed E-state index contributed by atoms with van der Waals surface area (Å²) in [4.78, 5) is 13.3. The molecule has 8 nitrogen and oxygen atoms in total. The summed E-state index contributed by atoms with van der Waals surface area (Å²) in [5.74, 6) is 1.39. The van der Waals surface area contributed by atoms with Gasteiger partial charge in [0.2, 0.25) is 0 Å². The highest BCUT2D eigenvalue weighted by Gasteiger charge is 2.32. The van der Waals surface area contributed by atoms with E-state index in [4.69, 9.17) is 14.6 Å². The molecule has 1 amide bonds. The van der Waals surface area contributed by atoms with Gasteiger partial charge in [-0.05, 0) is 12.1 Å². The Morgan fingerprint density at radius 1 is 1.43 bits per heavy atom. The van der Waals surface area contributed by atoms with Gasteiger partial charge >= 0.3 is 6.09 Å². The monoisotopic (exact) mass is 288 g/mol. The zero-order chi connectivity index (χ0) is 14.4. The van der Waals surface area contributed by atoms with Crippen molar-refractivity contribution in [3.63, 3.8) is 0 Å². The second-order valence-electron chi connectivity index (χ2n) is 4.86. The van der Waals surface area contributed by atoms with Crippen molar-refractivity contribution in [1.29, 1.82) is 0 Å². The van der Waals surface area contributed by atoms with Crippen LogP contribution in [0, 0.1) is 0 Å². The van der Waals surface area contributed by atoms with Gasteiger partial charge < -0.3 is 14.6 Å². The number of nitrogens with zero attached hydrogens (tertiary/aromatic N) is 4. The molecule has 21 heavy (non-hydrogen) atoms. The highest BCUT2D eigenvalue weighted by atomic mass is 16.6. The van der Waals surface area contributed by atoms with Gasteiger partial charge in [-0.1, -0.05) is 0 Å². The molecule has 4 rings (SSSR count). The third-order valence-electron chi connectivity index (χ3n) is 3.57. The number of fused-ring (bicyclic) bond motifs is 3. The van der Waals surface area contributed by atoms with Gasteiger partial charge in [-0.2, -0.15) is 0 Å². The van der Waals surface area contributed by atoms with E-state index in [-0.39, 0.29) is 6.61 Å². The molecule has 1 aromatic heterocycles. The maximum atomic E-state index is 11.8. The van der Waals surface area contributed by atoms with Crippen LogP contribution in [0.3, 0.4) is 0 Å². The lowest BCUT2D eigenvalue weighted by Gasteiger charge is -2.21. The van der Waals surface area contributed by atoms with Crippen LogP contribution in [0.4, 0.5) is 10.5 Å². The van der Waals surface area contributed by atoms with Gasteiger partial charge in [0, 0.05) is 6.07 Å². The first-order valence-electron chi connectivity index (χ1n) is 6.51. The van der Waals surface area contributed by atoms with Crippen molar-refractivity contribution < 1.29 is 19.4 Å². The molecule has 108 valence electrons. The summed E-state index contributed by atoms with van der Waals surface area (Å²) in [6, 6.07) is 5.42. The largest absolute Gasteiger partial charge is 0.483 e. The van der Waals surface area contributed by atoms with E-state index in [1.54, 1.807) is 18.5 Å². The smallest absolute Gasteiger partial charge is 0.414 e. The summed E-state index contributed by atoms with van der Waals surface area (Å²) in [6.45, 7) is 0.472. The minimum absolute atomic E-state index is 0.187. The molecule has 0 spiro atoms. The number of rotatable bonds is 2. The van der Waals surface area contributed by atoms with Crippen LogP contribution in [-0.2, 0) is 11.3 Å². The molecule has 1 unspecified atom stereocenters. The van der Waals surface area contributed by atoms with Crippen LogP contribution in [0.5, 0.6) is 5.75 Å². The van der Waals surface area contributed by atoms with Crippen LogP contribution in [0.15, 0.2) is 24.5 Å². The van der Waals surface area contributed by atoms with Crippen molar-refractivity contribution in [3.05, 3.63) is 30.4 Å². The molecule has 0 radical (unpaired) electrons. The lowest BCUT2D eigenvalue weighted by Crippen LogP contribution is -2.25. The highest BCUT2D eigenvalue weighted by molar-refractivity contribution is 5.90. The lowest BCUT2D eigenvalue weighted by atomic mass is 10.2. The van der Waals surface area contributed by atoms with Gasteiger partial charge in [-0.15, -0.1) is 10.2 Å².